The van der Waals surface area contributed by atoms with Gasteiger partial charge in [-0.25, -0.2) is 9.78 Å². The van der Waals surface area contributed by atoms with Crippen molar-refractivity contribution in [1.82, 2.24) is 4.98 Å². The van der Waals surface area contributed by atoms with Gasteiger partial charge in [-0.05, 0) is 6.92 Å². The Balaban J connectivity index is 2.46. The molecule has 1 N–H and O–H groups in total. The molecule has 1 heterocycles. The molecular weight excluding hydrogens is 200 g/mol. The molecular formula is C6H7ClN2O2S. The topological polar surface area (TPSA) is 51.2 Å². The number of hydrogen-bond acceptors (Lipinski definition) is 4. The van der Waals surface area contributed by atoms with E-state index in [0.29, 0.717) is 16.1 Å². The van der Waals surface area contributed by atoms with Gasteiger partial charge in [0.25, 0.3) is 0 Å². The maximum atomic E-state index is 10.8. The lowest BCUT2D eigenvalue weighted by atomic mass is 10.8. The maximum Gasteiger partial charge on any atom is 0.413 e. The lowest BCUT2D eigenvalue weighted by molar-refractivity contribution is 0.168. The van der Waals surface area contributed by atoms with Crippen molar-refractivity contribution < 1.29 is 9.53 Å². The van der Waals surface area contributed by atoms with E-state index in [4.69, 9.17) is 11.6 Å². The van der Waals surface area contributed by atoms with Crippen molar-refractivity contribution in [3.63, 3.8) is 0 Å². The number of nitrogens with one attached hydrogen (secondary N) is 1. The predicted octanol–water partition coefficient (Wildman–Crippen LogP) is 2.36. The van der Waals surface area contributed by atoms with E-state index in [0.717, 1.165) is 0 Å². The summed E-state index contributed by atoms with van der Waals surface area (Å²) in [5.41, 5.74) is 0. The predicted molar refractivity (Wildman–Crippen MR) is 47.8 cm³/mol. The lowest BCUT2D eigenvalue weighted by Gasteiger charge is -1.99. The molecule has 6 heteroatoms. The van der Waals surface area contributed by atoms with Crippen molar-refractivity contribution >= 4 is 34.2 Å². The van der Waals surface area contributed by atoms with E-state index in [-0.39, 0.29) is 0 Å². The van der Waals surface area contributed by atoms with Crippen molar-refractivity contribution in [3.05, 3.63) is 10.5 Å². The SMILES string of the molecule is CCOC(=O)Nc1ncc(Cl)s1. The Labute approximate surface area is 78.5 Å². The van der Waals surface area contributed by atoms with Gasteiger partial charge in [0.2, 0.25) is 0 Å². The van der Waals surface area contributed by atoms with Gasteiger partial charge in [0.05, 0.1) is 12.8 Å². The molecule has 12 heavy (non-hydrogen) atoms. The van der Waals surface area contributed by atoms with Crippen molar-refractivity contribution in [2.24, 2.45) is 0 Å². The third kappa shape index (κ3) is 2.67. The van der Waals surface area contributed by atoms with Crippen LogP contribution in [0.15, 0.2) is 6.20 Å². The lowest BCUT2D eigenvalue weighted by Crippen LogP contribution is -2.12. The Kier molecular flexibility index (Phi) is 3.31. The van der Waals surface area contributed by atoms with Crippen LogP contribution in [0.5, 0.6) is 0 Å². The molecule has 0 radical (unpaired) electrons. The van der Waals surface area contributed by atoms with Crippen LogP contribution in [0.1, 0.15) is 6.92 Å². The zero-order chi connectivity index (χ0) is 8.97. The van der Waals surface area contributed by atoms with Crippen LogP contribution in [0.4, 0.5) is 9.93 Å². The van der Waals surface area contributed by atoms with Crippen LogP contribution in [0.3, 0.4) is 0 Å². The fraction of sp³-hybridized carbons (Fsp3) is 0.333. The molecule has 0 aliphatic heterocycles. The average molecular weight is 207 g/mol. The number of ether oxygens (including phenoxy) is 1. The smallest absolute Gasteiger partial charge is 0.413 e. The van der Waals surface area contributed by atoms with Gasteiger partial charge < -0.3 is 4.74 Å². The molecule has 0 aliphatic carbocycles. The van der Waals surface area contributed by atoms with Gasteiger partial charge in [0, 0.05) is 0 Å². The first-order chi connectivity index (χ1) is 5.72. The molecule has 0 spiro atoms. The van der Waals surface area contributed by atoms with Crippen LogP contribution >= 0.6 is 22.9 Å². The Morgan fingerprint density at radius 2 is 2.67 bits per heavy atom. The summed E-state index contributed by atoms with van der Waals surface area (Å²) in [5.74, 6) is 0. The van der Waals surface area contributed by atoms with Gasteiger partial charge >= 0.3 is 6.09 Å². The molecule has 0 aliphatic rings. The summed E-state index contributed by atoms with van der Waals surface area (Å²) in [6.07, 6.45) is 0.955. The average Bonchev–Trinajstić information content (AvgIpc) is 2.36. The van der Waals surface area contributed by atoms with E-state index >= 15 is 0 Å². The van der Waals surface area contributed by atoms with Gasteiger partial charge in [0.15, 0.2) is 5.13 Å². The number of carbonyl (C=O) groups is 1. The Morgan fingerprint density at radius 1 is 1.92 bits per heavy atom. The van der Waals surface area contributed by atoms with Crippen LogP contribution in [-0.4, -0.2) is 17.7 Å². The molecule has 0 aromatic carbocycles. The van der Waals surface area contributed by atoms with Crippen LogP contribution in [-0.2, 0) is 4.74 Å². The number of nitrogens with zero attached hydrogens (tertiary/aromatic N) is 1. The van der Waals surface area contributed by atoms with E-state index in [1.165, 1.54) is 17.5 Å². The van der Waals surface area contributed by atoms with Gasteiger partial charge in [-0.3, -0.25) is 5.32 Å². The molecule has 0 bridgehead atoms. The highest BCUT2D eigenvalue weighted by atomic mass is 35.5. The van der Waals surface area contributed by atoms with E-state index in [2.05, 4.69) is 15.0 Å². The fourth-order valence-corrected chi connectivity index (χ4v) is 1.36. The van der Waals surface area contributed by atoms with Crippen LogP contribution in [0.25, 0.3) is 0 Å². The molecule has 66 valence electrons. The van der Waals surface area contributed by atoms with Gasteiger partial charge in [-0.15, -0.1) is 0 Å². The van der Waals surface area contributed by atoms with Crippen molar-refractivity contribution in [3.8, 4) is 0 Å². The standard InChI is InChI=1S/C6H7ClN2O2S/c1-2-11-6(10)9-5-8-3-4(7)12-5/h3H,2H2,1H3,(H,8,9,10). The zero-order valence-electron chi connectivity index (χ0n) is 6.33. The molecule has 0 unspecified atom stereocenters. The monoisotopic (exact) mass is 206 g/mol. The zero-order valence-corrected chi connectivity index (χ0v) is 7.91. The summed E-state index contributed by atoms with van der Waals surface area (Å²) in [6, 6.07) is 0. The summed E-state index contributed by atoms with van der Waals surface area (Å²) in [4.78, 5) is 14.6. The van der Waals surface area contributed by atoms with E-state index in [1.54, 1.807) is 6.92 Å². The van der Waals surface area contributed by atoms with E-state index < -0.39 is 6.09 Å². The largest absolute Gasteiger partial charge is 0.450 e. The van der Waals surface area contributed by atoms with Gasteiger partial charge in [-0.1, -0.05) is 22.9 Å². The number of carbonyl (C=O) groups excluding carboxylic acids is 1. The second kappa shape index (κ2) is 4.27. The van der Waals surface area contributed by atoms with E-state index in [1.807, 2.05) is 0 Å². The maximum absolute atomic E-state index is 10.8. The van der Waals surface area contributed by atoms with Crippen LogP contribution in [0.2, 0.25) is 4.34 Å². The van der Waals surface area contributed by atoms with Gasteiger partial charge in [-0.2, -0.15) is 0 Å². The first-order valence-electron chi connectivity index (χ1n) is 3.27. The number of anilines is 1. The summed E-state index contributed by atoms with van der Waals surface area (Å²) in [6.45, 7) is 2.07. The van der Waals surface area contributed by atoms with Crippen LogP contribution in [0, 0.1) is 0 Å². The Morgan fingerprint density at radius 3 is 3.17 bits per heavy atom. The summed E-state index contributed by atoms with van der Waals surface area (Å²) in [5, 5.41) is 2.87. The molecule has 0 fully saturated rings. The molecule has 0 saturated heterocycles. The third-order valence-corrected chi connectivity index (χ3v) is 1.99. The molecule has 1 aromatic rings. The molecule has 1 aromatic heterocycles. The summed E-state index contributed by atoms with van der Waals surface area (Å²) >= 11 is 6.77. The number of hydrogen-bond donors (Lipinski definition) is 1. The minimum absolute atomic E-state index is 0.338. The normalized spacial score (nSPS) is 9.50. The highest BCUT2D eigenvalue weighted by Crippen LogP contribution is 2.22. The van der Waals surface area contributed by atoms with Crippen LogP contribution < -0.4 is 5.32 Å². The van der Waals surface area contributed by atoms with Crippen molar-refractivity contribution in [1.29, 1.82) is 0 Å². The quantitative estimate of drug-likeness (QED) is 0.808. The van der Waals surface area contributed by atoms with Crippen molar-refractivity contribution in [2.75, 3.05) is 11.9 Å². The molecule has 0 saturated carbocycles. The number of thiazole rings is 1. The highest BCUT2D eigenvalue weighted by molar-refractivity contribution is 7.19. The number of amides is 1. The summed E-state index contributed by atoms with van der Waals surface area (Å²) < 4.78 is 5.16. The molecule has 1 amide bonds. The second-order valence-electron chi connectivity index (χ2n) is 1.81. The van der Waals surface area contributed by atoms with Crippen molar-refractivity contribution in [2.45, 2.75) is 6.92 Å². The van der Waals surface area contributed by atoms with E-state index in [9.17, 15) is 4.79 Å². The highest BCUT2D eigenvalue weighted by Gasteiger charge is 2.04. The molecule has 0 atom stereocenters. The number of aromatic nitrogens is 1. The number of rotatable bonds is 2. The van der Waals surface area contributed by atoms with Gasteiger partial charge in [0.1, 0.15) is 4.34 Å². The Hall–Kier alpha value is -0.810. The minimum Gasteiger partial charge on any atom is -0.450 e. The number of halogens is 1. The first-order valence-corrected chi connectivity index (χ1v) is 4.47. The fourth-order valence-electron chi connectivity index (χ4n) is 0.567. The summed E-state index contributed by atoms with van der Waals surface area (Å²) in [7, 11) is 0. The second-order valence-corrected chi connectivity index (χ2v) is 3.48. The Bertz CT molecular complexity index is 276. The third-order valence-electron chi connectivity index (χ3n) is 0.962. The first kappa shape index (κ1) is 9.28. The molecule has 1 rings (SSSR count). The molecule has 4 nitrogen and oxygen atoms in total. The minimum atomic E-state index is -0.511.